The van der Waals surface area contributed by atoms with Crippen molar-refractivity contribution in [3.8, 4) is 0 Å². The number of hydrogen-bond acceptors (Lipinski definition) is 4. The van der Waals surface area contributed by atoms with E-state index in [2.05, 4.69) is 15.3 Å². The van der Waals surface area contributed by atoms with E-state index in [-0.39, 0.29) is 18.6 Å². The van der Waals surface area contributed by atoms with Crippen molar-refractivity contribution in [3.05, 3.63) is 29.6 Å². The van der Waals surface area contributed by atoms with Crippen LogP contribution in [0.15, 0.2) is 18.2 Å². The Bertz CT molecular complexity index is 662. The highest BCUT2D eigenvalue weighted by Crippen LogP contribution is 2.14. The zero-order valence-electron chi connectivity index (χ0n) is 13.4. The van der Waals surface area contributed by atoms with Crippen molar-refractivity contribution in [2.45, 2.75) is 38.8 Å². The summed E-state index contributed by atoms with van der Waals surface area (Å²) in [5, 5.41) is 2.87. The number of imidazole rings is 1. The molecule has 1 aromatic carbocycles. The SMILES string of the molecule is Cc1nc2ccc(CNC(=O)COC[C@@H]3CCCCO3)cc2[nH]1. The molecule has 0 unspecified atom stereocenters. The van der Waals surface area contributed by atoms with Crippen LogP contribution in [0.3, 0.4) is 0 Å². The number of carbonyl (C=O) groups excluding carboxylic acids is 1. The molecule has 2 N–H and O–H groups in total. The molecule has 6 heteroatoms. The van der Waals surface area contributed by atoms with Crippen molar-refractivity contribution in [2.24, 2.45) is 0 Å². The van der Waals surface area contributed by atoms with Crippen molar-refractivity contribution in [1.29, 1.82) is 0 Å². The number of aromatic amines is 1. The average Bonchev–Trinajstić information content (AvgIpc) is 2.93. The van der Waals surface area contributed by atoms with Crippen molar-refractivity contribution < 1.29 is 14.3 Å². The van der Waals surface area contributed by atoms with Gasteiger partial charge in [0.1, 0.15) is 12.4 Å². The van der Waals surface area contributed by atoms with Gasteiger partial charge in [0, 0.05) is 13.2 Å². The fourth-order valence-electron chi connectivity index (χ4n) is 2.77. The van der Waals surface area contributed by atoms with Crippen LogP contribution >= 0.6 is 0 Å². The summed E-state index contributed by atoms with van der Waals surface area (Å²) in [6.07, 6.45) is 3.46. The molecule has 3 rings (SSSR count). The molecule has 1 fully saturated rings. The van der Waals surface area contributed by atoms with E-state index in [4.69, 9.17) is 9.47 Å². The van der Waals surface area contributed by atoms with Gasteiger partial charge in [0.25, 0.3) is 0 Å². The third-order valence-corrected chi connectivity index (χ3v) is 3.97. The maximum absolute atomic E-state index is 11.8. The second kappa shape index (κ2) is 7.57. The van der Waals surface area contributed by atoms with E-state index < -0.39 is 0 Å². The lowest BCUT2D eigenvalue weighted by Crippen LogP contribution is -2.30. The van der Waals surface area contributed by atoms with Crippen LogP contribution in [-0.2, 0) is 20.8 Å². The van der Waals surface area contributed by atoms with Crippen molar-refractivity contribution in [1.82, 2.24) is 15.3 Å². The van der Waals surface area contributed by atoms with Gasteiger partial charge in [0.2, 0.25) is 5.91 Å². The predicted octanol–water partition coefficient (Wildman–Crippen LogP) is 2.07. The van der Waals surface area contributed by atoms with Gasteiger partial charge in [0.05, 0.1) is 23.7 Å². The number of aryl methyl sites for hydroxylation is 1. The monoisotopic (exact) mass is 317 g/mol. The number of fused-ring (bicyclic) bond motifs is 1. The minimum absolute atomic E-state index is 0.0747. The second-order valence-corrected chi connectivity index (χ2v) is 5.95. The highest BCUT2D eigenvalue weighted by molar-refractivity contribution is 5.78. The Balaban J connectivity index is 1.40. The molecule has 1 amide bonds. The Labute approximate surface area is 135 Å². The zero-order chi connectivity index (χ0) is 16.1. The van der Waals surface area contributed by atoms with Gasteiger partial charge in [-0.3, -0.25) is 4.79 Å². The number of amides is 1. The van der Waals surface area contributed by atoms with Crippen LogP contribution in [0.1, 0.15) is 30.7 Å². The Morgan fingerprint density at radius 2 is 2.39 bits per heavy atom. The standard InChI is InChI=1S/C17H23N3O3/c1-12-19-15-6-5-13(8-16(15)20-12)9-18-17(21)11-22-10-14-4-2-3-7-23-14/h5-6,8,14H,2-4,7,9-11H2,1H3,(H,18,21)(H,19,20)/t14-/m0/s1. The molecule has 1 aromatic heterocycles. The van der Waals surface area contributed by atoms with Gasteiger partial charge in [-0.1, -0.05) is 6.07 Å². The van der Waals surface area contributed by atoms with Gasteiger partial charge in [-0.05, 0) is 43.9 Å². The largest absolute Gasteiger partial charge is 0.376 e. The molecule has 1 aliphatic heterocycles. The van der Waals surface area contributed by atoms with Gasteiger partial charge in [-0.25, -0.2) is 4.98 Å². The fourth-order valence-corrected chi connectivity index (χ4v) is 2.77. The first-order valence-corrected chi connectivity index (χ1v) is 8.12. The molecule has 23 heavy (non-hydrogen) atoms. The fraction of sp³-hybridized carbons (Fsp3) is 0.529. The molecular weight excluding hydrogens is 294 g/mol. The minimum atomic E-state index is -0.110. The Morgan fingerprint density at radius 1 is 1.48 bits per heavy atom. The third kappa shape index (κ3) is 4.53. The summed E-state index contributed by atoms with van der Waals surface area (Å²) in [7, 11) is 0. The molecule has 0 spiro atoms. The van der Waals surface area contributed by atoms with Crippen LogP contribution in [0, 0.1) is 6.92 Å². The summed E-state index contributed by atoms with van der Waals surface area (Å²) in [6, 6.07) is 5.93. The molecule has 1 atom stereocenters. The zero-order valence-corrected chi connectivity index (χ0v) is 13.4. The molecule has 0 saturated carbocycles. The molecule has 0 aliphatic carbocycles. The van der Waals surface area contributed by atoms with Crippen LogP contribution in [0.4, 0.5) is 0 Å². The number of rotatable bonds is 6. The highest BCUT2D eigenvalue weighted by Gasteiger charge is 2.14. The van der Waals surface area contributed by atoms with Gasteiger partial charge >= 0.3 is 0 Å². The first-order chi connectivity index (χ1) is 11.2. The summed E-state index contributed by atoms with van der Waals surface area (Å²) in [6.45, 7) is 3.78. The molecule has 1 aliphatic rings. The van der Waals surface area contributed by atoms with Crippen molar-refractivity contribution in [3.63, 3.8) is 0 Å². The Hall–Kier alpha value is -1.92. The Kier molecular flexibility index (Phi) is 5.25. The number of carbonyl (C=O) groups is 1. The molecule has 124 valence electrons. The van der Waals surface area contributed by atoms with E-state index in [9.17, 15) is 4.79 Å². The smallest absolute Gasteiger partial charge is 0.246 e. The number of nitrogens with zero attached hydrogens (tertiary/aromatic N) is 1. The number of nitrogens with one attached hydrogen (secondary N) is 2. The van der Waals surface area contributed by atoms with E-state index in [0.717, 1.165) is 41.9 Å². The van der Waals surface area contributed by atoms with Crippen molar-refractivity contribution in [2.75, 3.05) is 19.8 Å². The van der Waals surface area contributed by atoms with Gasteiger partial charge in [-0.2, -0.15) is 0 Å². The molecule has 6 nitrogen and oxygen atoms in total. The van der Waals surface area contributed by atoms with Gasteiger partial charge in [0.15, 0.2) is 0 Å². The lowest BCUT2D eigenvalue weighted by Gasteiger charge is -2.22. The first kappa shape index (κ1) is 16.0. The Morgan fingerprint density at radius 3 is 3.22 bits per heavy atom. The summed E-state index contributed by atoms with van der Waals surface area (Å²) in [5.41, 5.74) is 2.96. The quantitative estimate of drug-likeness (QED) is 0.855. The number of aromatic nitrogens is 2. The lowest BCUT2D eigenvalue weighted by molar-refractivity contribution is -0.128. The molecule has 1 saturated heterocycles. The van der Waals surface area contributed by atoms with Gasteiger partial charge < -0.3 is 19.8 Å². The summed E-state index contributed by atoms with van der Waals surface area (Å²) >= 11 is 0. The number of H-pyrrole nitrogens is 1. The number of ether oxygens (including phenoxy) is 2. The average molecular weight is 317 g/mol. The summed E-state index contributed by atoms with van der Waals surface area (Å²) in [5.74, 6) is 0.779. The normalized spacial score (nSPS) is 18.2. The summed E-state index contributed by atoms with van der Waals surface area (Å²) in [4.78, 5) is 19.4. The van der Waals surface area contributed by atoms with Crippen molar-refractivity contribution >= 4 is 16.9 Å². The van der Waals surface area contributed by atoms with Crippen LogP contribution in [-0.4, -0.2) is 41.8 Å². The van der Waals surface area contributed by atoms with Crippen LogP contribution in [0.2, 0.25) is 0 Å². The molecular formula is C17H23N3O3. The second-order valence-electron chi connectivity index (χ2n) is 5.95. The van der Waals surface area contributed by atoms with Crippen LogP contribution < -0.4 is 5.32 Å². The molecule has 2 heterocycles. The third-order valence-electron chi connectivity index (χ3n) is 3.97. The first-order valence-electron chi connectivity index (χ1n) is 8.12. The van der Waals surface area contributed by atoms with E-state index in [0.29, 0.717) is 13.2 Å². The predicted molar refractivity (Wildman–Crippen MR) is 87.1 cm³/mol. The summed E-state index contributed by atoms with van der Waals surface area (Å²) < 4.78 is 11.0. The molecule has 0 bridgehead atoms. The van der Waals surface area contributed by atoms with Crippen LogP contribution in [0.5, 0.6) is 0 Å². The number of benzene rings is 1. The topological polar surface area (TPSA) is 76.2 Å². The van der Waals surface area contributed by atoms with E-state index >= 15 is 0 Å². The maximum atomic E-state index is 11.8. The number of hydrogen-bond donors (Lipinski definition) is 2. The molecule has 0 radical (unpaired) electrons. The molecule has 2 aromatic rings. The van der Waals surface area contributed by atoms with E-state index in [1.807, 2.05) is 25.1 Å². The minimum Gasteiger partial charge on any atom is -0.376 e. The lowest BCUT2D eigenvalue weighted by atomic mass is 10.1. The van der Waals surface area contributed by atoms with Crippen LogP contribution in [0.25, 0.3) is 11.0 Å². The maximum Gasteiger partial charge on any atom is 0.246 e. The van der Waals surface area contributed by atoms with E-state index in [1.165, 1.54) is 6.42 Å². The highest BCUT2D eigenvalue weighted by atomic mass is 16.5. The van der Waals surface area contributed by atoms with Gasteiger partial charge in [-0.15, -0.1) is 0 Å². The van der Waals surface area contributed by atoms with E-state index in [1.54, 1.807) is 0 Å².